The van der Waals surface area contributed by atoms with Crippen LogP contribution in [0.1, 0.15) is 6.92 Å². The van der Waals surface area contributed by atoms with E-state index in [1.807, 2.05) is 73.5 Å². The molecule has 2 rings (SSSR count). The van der Waals surface area contributed by atoms with Gasteiger partial charge in [-0.05, 0) is 25.6 Å². The SMILES string of the molecule is CC(CO)N(C)CC(=O)Nc1ccccc1-c1ccccc1. The molecule has 0 spiro atoms. The van der Waals surface area contributed by atoms with Gasteiger partial charge in [-0.1, -0.05) is 48.5 Å². The van der Waals surface area contributed by atoms with E-state index >= 15 is 0 Å². The largest absolute Gasteiger partial charge is 0.395 e. The molecule has 2 N–H and O–H groups in total. The number of amides is 1. The lowest BCUT2D eigenvalue weighted by molar-refractivity contribution is -0.117. The second-order valence-corrected chi connectivity index (χ2v) is 5.41. The molecule has 0 bridgehead atoms. The summed E-state index contributed by atoms with van der Waals surface area (Å²) in [4.78, 5) is 14.0. The molecule has 0 aliphatic rings. The molecule has 0 radical (unpaired) electrons. The maximum absolute atomic E-state index is 12.2. The number of aliphatic hydroxyl groups excluding tert-OH is 1. The Labute approximate surface area is 131 Å². The fourth-order valence-electron chi connectivity index (χ4n) is 2.17. The zero-order valence-corrected chi connectivity index (χ0v) is 13.0. The van der Waals surface area contributed by atoms with Gasteiger partial charge >= 0.3 is 0 Å². The average molecular weight is 298 g/mol. The van der Waals surface area contributed by atoms with Gasteiger partial charge in [0.1, 0.15) is 0 Å². The van der Waals surface area contributed by atoms with Crippen LogP contribution in [0.25, 0.3) is 11.1 Å². The molecule has 0 aromatic heterocycles. The second-order valence-electron chi connectivity index (χ2n) is 5.41. The van der Waals surface area contributed by atoms with E-state index in [0.29, 0.717) is 0 Å². The van der Waals surface area contributed by atoms with Gasteiger partial charge in [-0.25, -0.2) is 0 Å². The van der Waals surface area contributed by atoms with Crippen LogP contribution in [0, 0.1) is 0 Å². The molecule has 1 atom stereocenters. The number of hydrogen-bond acceptors (Lipinski definition) is 3. The van der Waals surface area contributed by atoms with Crippen molar-refractivity contribution in [3.63, 3.8) is 0 Å². The summed E-state index contributed by atoms with van der Waals surface area (Å²) < 4.78 is 0. The van der Waals surface area contributed by atoms with Gasteiger partial charge in [0.15, 0.2) is 0 Å². The smallest absolute Gasteiger partial charge is 0.238 e. The topological polar surface area (TPSA) is 52.6 Å². The third-order valence-electron chi connectivity index (χ3n) is 3.70. The van der Waals surface area contributed by atoms with E-state index in [-0.39, 0.29) is 25.1 Å². The molecular weight excluding hydrogens is 276 g/mol. The van der Waals surface area contributed by atoms with E-state index in [2.05, 4.69) is 5.32 Å². The molecule has 2 aromatic rings. The van der Waals surface area contributed by atoms with Crippen molar-refractivity contribution in [2.45, 2.75) is 13.0 Å². The first-order valence-electron chi connectivity index (χ1n) is 7.37. The summed E-state index contributed by atoms with van der Waals surface area (Å²) in [5.74, 6) is -0.0915. The molecule has 22 heavy (non-hydrogen) atoms. The quantitative estimate of drug-likeness (QED) is 0.862. The minimum Gasteiger partial charge on any atom is -0.395 e. The van der Waals surface area contributed by atoms with Gasteiger partial charge in [0.2, 0.25) is 5.91 Å². The Morgan fingerprint density at radius 3 is 2.45 bits per heavy atom. The van der Waals surface area contributed by atoms with Gasteiger partial charge < -0.3 is 10.4 Å². The lowest BCUT2D eigenvalue weighted by Gasteiger charge is -2.22. The van der Waals surface area contributed by atoms with Crippen molar-refractivity contribution < 1.29 is 9.90 Å². The molecule has 0 heterocycles. The number of para-hydroxylation sites is 1. The third kappa shape index (κ3) is 4.16. The zero-order valence-electron chi connectivity index (χ0n) is 13.0. The van der Waals surface area contributed by atoms with Gasteiger partial charge in [0.25, 0.3) is 0 Å². The van der Waals surface area contributed by atoms with Crippen LogP contribution in [0.4, 0.5) is 5.69 Å². The van der Waals surface area contributed by atoms with Gasteiger partial charge in [0, 0.05) is 17.3 Å². The predicted molar refractivity (Wildman–Crippen MR) is 89.7 cm³/mol. The first kappa shape index (κ1) is 16.2. The van der Waals surface area contributed by atoms with Crippen LogP contribution >= 0.6 is 0 Å². The van der Waals surface area contributed by atoms with Crippen LogP contribution in [0.15, 0.2) is 54.6 Å². The van der Waals surface area contributed by atoms with E-state index in [1.54, 1.807) is 0 Å². The Kier molecular flexibility index (Phi) is 5.69. The fraction of sp³-hybridized carbons (Fsp3) is 0.278. The number of likely N-dealkylation sites (N-methyl/N-ethyl adjacent to an activating group) is 1. The second kappa shape index (κ2) is 7.73. The molecule has 116 valence electrons. The van der Waals surface area contributed by atoms with Crippen LogP contribution in [0.5, 0.6) is 0 Å². The first-order valence-corrected chi connectivity index (χ1v) is 7.37. The number of nitrogens with zero attached hydrogens (tertiary/aromatic N) is 1. The average Bonchev–Trinajstić information content (AvgIpc) is 2.55. The number of carbonyl (C=O) groups excluding carboxylic acids is 1. The number of carbonyl (C=O) groups is 1. The molecule has 2 aromatic carbocycles. The fourth-order valence-corrected chi connectivity index (χ4v) is 2.17. The minimum atomic E-state index is -0.0915. The highest BCUT2D eigenvalue weighted by Crippen LogP contribution is 2.27. The summed E-state index contributed by atoms with van der Waals surface area (Å²) >= 11 is 0. The first-order chi connectivity index (χ1) is 10.6. The molecule has 0 saturated heterocycles. The highest BCUT2D eigenvalue weighted by Gasteiger charge is 2.13. The lowest BCUT2D eigenvalue weighted by atomic mass is 10.0. The molecule has 0 aliphatic heterocycles. The Bertz CT molecular complexity index is 613. The van der Waals surface area contributed by atoms with Crippen LogP contribution < -0.4 is 5.32 Å². The summed E-state index contributed by atoms with van der Waals surface area (Å²) in [6.45, 7) is 2.15. The molecule has 4 nitrogen and oxygen atoms in total. The predicted octanol–water partition coefficient (Wildman–Crippen LogP) is 2.60. The number of aliphatic hydroxyl groups is 1. The molecule has 1 unspecified atom stereocenters. The number of rotatable bonds is 6. The number of nitrogens with one attached hydrogen (secondary N) is 1. The molecule has 0 saturated carbocycles. The number of benzene rings is 2. The van der Waals surface area contributed by atoms with Crippen LogP contribution in [-0.2, 0) is 4.79 Å². The Morgan fingerprint density at radius 1 is 1.14 bits per heavy atom. The maximum Gasteiger partial charge on any atom is 0.238 e. The van der Waals surface area contributed by atoms with Crippen molar-refractivity contribution >= 4 is 11.6 Å². The molecule has 4 heteroatoms. The van der Waals surface area contributed by atoms with Gasteiger partial charge in [0.05, 0.1) is 13.2 Å². The van der Waals surface area contributed by atoms with E-state index < -0.39 is 0 Å². The monoisotopic (exact) mass is 298 g/mol. The summed E-state index contributed by atoms with van der Waals surface area (Å²) in [6.07, 6.45) is 0. The van der Waals surface area contributed by atoms with E-state index in [1.165, 1.54) is 0 Å². The molecule has 0 aliphatic carbocycles. The summed E-state index contributed by atoms with van der Waals surface area (Å²) in [7, 11) is 1.82. The summed E-state index contributed by atoms with van der Waals surface area (Å²) in [6, 6.07) is 17.7. The van der Waals surface area contributed by atoms with Crippen molar-refractivity contribution in [3.8, 4) is 11.1 Å². The van der Waals surface area contributed by atoms with Crippen molar-refractivity contribution in [1.29, 1.82) is 0 Å². The van der Waals surface area contributed by atoms with Crippen molar-refractivity contribution in [3.05, 3.63) is 54.6 Å². The number of hydrogen-bond donors (Lipinski definition) is 2. The minimum absolute atomic E-state index is 0.0321. The van der Waals surface area contributed by atoms with Gasteiger partial charge in [-0.3, -0.25) is 9.69 Å². The lowest BCUT2D eigenvalue weighted by Crippen LogP contribution is -2.38. The highest BCUT2D eigenvalue weighted by atomic mass is 16.3. The van der Waals surface area contributed by atoms with Gasteiger partial charge in [-0.15, -0.1) is 0 Å². The number of anilines is 1. The van der Waals surface area contributed by atoms with Crippen LogP contribution in [0.2, 0.25) is 0 Å². The standard InChI is InChI=1S/C18H22N2O2/c1-14(13-21)20(2)12-18(22)19-17-11-7-6-10-16(17)15-8-4-3-5-9-15/h3-11,14,21H,12-13H2,1-2H3,(H,19,22). The van der Waals surface area contributed by atoms with Gasteiger partial charge in [-0.2, -0.15) is 0 Å². The van der Waals surface area contributed by atoms with Crippen molar-refractivity contribution in [2.75, 3.05) is 25.5 Å². The molecular formula is C18H22N2O2. The Morgan fingerprint density at radius 2 is 1.77 bits per heavy atom. The Balaban J connectivity index is 2.12. The molecule has 1 amide bonds. The summed E-state index contributed by atoms with van der Waals surface area (Å²) in [5, 5.41) is 12.1. The van der Waals surface area contributed by atoms with Crippen molar-refractivity contribution in [1.82, 2.24) is 4.90 Å². The van der Waals surface area contributed by atoms with Crippen LogP contribution in [-0.4, -0.2) is 42.2 Å². The zero-order chi connectivity index (χ0) is 15.9. The summed E-state index contributed by atoms with van der Waals surface area (Å²) in [5.41, 5.74) is 2.86. The van der Waals surface area contributed by atoms with Crippen molar-refractivity contribution in [2.24, 2.45) is 0 Å². The van der Waals surface area contributed by atoms with Crippen LogP contribution in [0.3, 0.4) is 0 Å². The Hall–Kier alpha value is -2.17. The normalized spacial score (nSPS) is 12.2. The molecule has 0 fully saturated rings. The maximum atomic E-state index is 12.2. The third-order valence-corrected chi connectivity index (χ3v) is 3.70. The van der Waals surface area contributed by atoms with E-state index in [0.717, 1.165) is 16.8 Å². The van der Waals surface area contributed by atoms with E-state index in [4.69, 9.17) is 5.11 Å². The highest BCUT2D eigenvalue weighted by molar-refractivity contribution is 5.96. The van der Waals surface area contributed by atoms with E-state index in [9.17, 15) is 4.79 Å².